The van der Waals surface area contributed by atoms with Crippen LogP contribution in [0.4, 0.5) is 4.39 Å². The number of rotatable bonds is 6. The van der Waals surface area contributed by atoms with Crippen LogP contribution in [0.2, 0.25) is 0 Å². The molecule has 0 aliphatic carbocycles. The van der Waals surface area contributed by atoms with Gasteiger partial charge in [0.1, 0.15) is 12.1 Å². The molecule has 1 rings (SSSR count). The molecule has 0 spiro atoms. The van der Waals surface area contributed by atoms with Crippen molar-refractivity contribution in [1.82, 2.24) is 10.2 Å². The Balaban J connectivity index is 3.06. The van der Waals surface area contributed by atoms with Gasteiger partial charge in [-0.2, -0.15) is 0 Å². The third-order valence-electron chi connectivity index (χ3n) is 3.06. The van der Waals surface area contributed by atoms with Crippen LogP contribution in [0.15, 0.2) is 36.2 Å². The fraction of sp³-hybridized carbons (Fsp3) is 0.286. The summed E-state index contributed by atoms with van der Waals surface area (Å²) in [5.41, 5.74) is -0.828. The van der Waals surface area contributed by atoms with Gasteiger partial charge >= 0.3 is 0 Å². The molecular formula is C14H15FN2O4. The van der Waals surface area contributed by atoms with Crippen LogP contribution in [0.25, 0.3) is 0 Å². The molecule has 0 saturated carbocycles. The number of carbonyl (C=O) groups is 4. The van der Waals surface area contributed by atoms with E-state index in [2.05, 4.69) is 18.5 Å². The summed E-state index contributed by atoms with van der Waals surface area (Å²) in [6.07, 6.45) is 1.07. The van der Waals surface area contributed by atoms with Gasteiger partial charge in [-0.05, 0) is 12.5 Å². The number of carbonyl (C=O) groups excluding carboxylic acids is 4. The monoisotopic (exact) mass is 294 g/mol. The molecule has 1 N–H and O–H groups in total. The maximum absolute atomic E-state index is 13.6. The van der Waals surface area contributed by atoms with E-state index in [1.54, 1.807) is 0 Å². The molecular weight excluding hydrogens is 279 g/mol. The zero-order valence-electron chi connectivity index (χ0n) is 11.5. The lowest BCUT2D eigenvalue weighted by Gasteiger charge is -2.20. The van der Waals surface area contributed by atoms with E-state index in [-0.39, 0.29) is 24.3 Å². The molecule has 1 fully saturated rings. The van der Waals surface area contributed by atoms with E-state index in [0.29, 0.717) is 11.2 Å². The first-order chi connectivity index (χ1) is 9.88. The quantitative estimate of drug-likeness (QED) is 0.437. The van der Waals surface area contributed by atoms with Crippen LogP contribution < -0.4 is 5.32 Å². The maximum atomic E-state index is 13.6. The average Bonchev–Trinajstić information content (AvgIpc) is 2.70. The van der Waals surface area contributed by atoms with Gasteiger partial charge in [0.2, 0.25) is 5.91 Å². The highest BCUT2D eigenvalue weighted by Crippen LogP contribution is 2.29. The zero-order chi connectivity index (χ0) is 16.2. The lowest BCUT2D eigenvalue weighted by atomic mass is 10.1. The number of aldehydes is 1. The summed E-state index contributed by atoms with van der Waals surface area (Å²) in [4.78, 5) is 47.0. The van der Waals surface area contributed by atoms with E-state index in [0.717, 1.165) is 6.08 Å². The summed E-state index contributed by atoms with van der Waals surface area (Å²) >= 11 is 0. The van der Waals surface area contributed by atoms with Crippen LogP contribution in [0.1, 0.15) is 12.8 Å². The molecule has 6 nitrogen and oxygen atoms in total. The predicted octanol–water partition coefficient (Wildman–Crippen LogP) is 0.415. The van der Waals surface area contributed by atoms with Crippen molar-refractivity contribution in [1.29, 1.82) is 0 Å². The Kier molecular flexibility index (Phi) is 5.29. The zero-order valence-corrected chi connectivity index (χ0v) is 11.5. The van der Waals surface area contributed by atoms with E-state index < -0.39 is 29.3 Å². The van der Waals surface area contributed by atoms with Crippen LogP contribution in [0.5, 0.6) is 0 Å². The number of halogens is 1. The molecule has 0 radical (unpaired) electrons. The number of nitrogens with one attached hydrogen (secondary N) is 1. The van der Waals surface area contributed by atoms with Gasteiger partial charge in [0, 0.05) is 19.0 Å². The van der Waals surface area contributed by atoms with Crippen LogP contribution >= 0.6 is 0 Å². The summed E-state index contributed by atoms with van der Waals surface area (Å²) in [5.74, 6) is -3.11. The van der Waals surface area contributed by atoms with Crippen LogP contribution in [-0.2, 0) is 19.2 Å². The van der Waals surface area contributed by atoms with E-state index in [9.17, 15) is 23.6 Å². The normalized spacial score (nSPS) is 18.6. The third-order valence-corrected chi connectivity index (χ3v) is 3.06. The largest absolute Gasteiger partial charge is 0.359 e. The number of allylic oxidation sites excluding steroid dienone is 2. The minimum absolute atomic E-state index is 0.0447. The highest BCUT2D eigenvalue weighted by atomic mass is 19.1. The molecule has 1 saturated heterocycles. The maximum Gasteiger partial charge on any atom is 0.265 e. The van der Waals surface area contributed by atoms with Gasteiger partial charge in [-0.1, -0.05) is 13.2 Å². The smallest absolute Gasteiger partial charge is 0.265 e. The second-order valence-electron chi connectivity index (χ2n) is 4.30. The van der Waals surface area contributed by atoms with Crippen molar-refractivity contribution < 1.29 is 23.6 Å². The van der Waals surface area contributed by atoms with Crippen LogP contribution in [0, 0.1) is 0 Å². The molecule has 21 heavy (non-hydrogen) atoms. The van der Waals surface area contributed by atoms with Crippen LogP contribution in [0.3, 0.4) is 0 Å². The Hall–Kier alpha value is -2.57. The Labute approximate surface area is 121 Å². The number of hydrogen-bond acceptors (Lipinski definition) is 4. The highest BCUT2D eigenvalue weighted by Gasteiger charge is 2.43. The number of likely N-dealkylation sites (tertiary alicyclic amines) is 1. The number of hydrogen-bond donors (Lipinski definition) is 1. The van der Waals surface area contributed by atoms with Crippen molar-refractivity contribution in [2.75, 3.05) is 7.05 Å². The predicted molar refractivity (Wildman–Crippen MR) is 72.5 cm³/mol. The Morgan fingerprint density at radius 2 is 2.05 bits per heavy atom. The standard InChI is InChI=1S/C14H15FN2O4/c1-4-10(15)12-8(2)13(20)17(14(12)21)9(7-18)5-6-11(19)16-3/h4,7,9H,1-2,5-6H2,3H3,(H,16,19)/b12-10-. The van der Waals surface area contributed by atoms with Gasteiger partial charge in [-0.15, -0.1) is 0 Å². The summed E-state index contributed by atoms with van der Waals surface area (Å²) in [7, 11) is 1.42. The molecule has 1 atom stereocenters. The summed E-state index contributed by atoms with van der Waals surface area (Å²) in [5, 5.41) is 2.36. The number of nitrogens with zero attached hydrogens (tertiary/aromatic N) is 1. The van der Waals surface area contributed by atoms with Crippen molar-refractivity contribution in [3.63, 3.8) is 0 Å². The van der Waals surface area contributed by atoms with Crippen molar-refractivity contribution in [3.05, 3.63) is 36.2 Å². The molecule has 1 aliphatic heterocycles. The summed E-state index contributed by atoms with van der Waals surface area (Å²) in [6.45, 7) is 6.54. The van der Waals surface area contributed by atoms with Crippen molar-refractivity contribution in [3.8, 4) is 0 Å². The van der Waals surface area contributed by atoms with Gasteiger partial charge in [0.15, 0.2) is 0 Å². The van der Waals surface area contributed by atoms with Crippen LogP contribution in [-0.4, -0.2) is 42.0 Å². The molecule has 7 heteroatoms. The fourth-order valence-electron chi connectivity index (χ4n) is 1.91. The fourth-order valence-corrected chi connectivity index (χ4v) is 1.91. The lowest BCUT2D eigenvalue weighted by molar-refractivity contribution is -0.142. The van der Waals surface area contributed by atoms with Gasteiger partial charge < -0.3 is 10.1 Å². The lowest BCUT2D eigenvalue weighted by Crippen LogP contribution is -2.41. The SMILES string of the molecule is C=C/C(F)=C1\C(=C)C(=O)N(C(C=O)CCC(=O)NC)C1=O. The topological polar surface area (TPSA) is 83.6 Å². The molecule has 1 unspecified atom stereocenters. The molecule has 0 aromatic heterocycles. The summed E-state index contributed by atoms with van der Waals surface area (Å²) in [6, 6.07) is -1.14. The summed E-state index contributed by atoms with van der Waals surface area (Å²) < 4.78 is 13.6. The van der Waals surface area contributed by atoms with Crippen molar-refractivity contribution >= 4 is 24.0 Å². The molecule has 1 heterocycles. The second kappa shape index (κ2) is 6.74. The van der Waals surface area contributed by atoms with Crippen molar-refractivity contribution in [2.24, 2.45) is 0 Å². The van der Waals surface area contributed by atoms with Gasteiger partial charge in [0.25, 0.3) is 11.8 Å². The highest BCUT2D eigenvalue weighted by molar-refractivity contribution is 6.25. The first-order valence-corrected chi connectivity index (χ1v) is 6.14. The van der Waals surface area contributed by atoms with E-state index in [1.165, 1.54) is 7.05 Å². The molecule has 112 valence electrons. The molecule has 0 aromatic rings. The van der Waals surface area contributed by atoms with Crippen molar-refractivity contribution in [2.45, 2.75) is 18.9 Å². The van der Waals surface area contributed by atoms with Gasteiger partial charge in [0.05, 0.1) is 11.6 Å². The third kappa shape index (κ3) is 3.13. The van der Waals surface area contributed by atoms with Gasteiger partial charge in [-0.25, -0.2) is 4.39 Å². The molecule has 0 bridgehead atoms. The average molecular weight is 294 g/mol. The number of amides is 3. The Morgan fingerprint density at radius 1 is 1.43 bits per heavy atom. The molecule has 3 amide bonds. The first kappa shape index (κ1) is 16.5. The number of imide groups is 1. The molecule has 1 aliphatic rings. The van der Waals surface area contributed by atoms with E-state index in [1.807, 2.05) is 0 Å². The van der Waals surface area contributed by atoms with E-state index >= 15 is 0 Å². The molecule has 0 aromatic carbocycles. The first-order valence-electron chi connectivity index (χ1n) is 6.14. The minimum Gasteiger partial charge on any atom is -0.359 e. The Bertz CT molecular complexity index is 565. The second-order valence-corrected chi connectivity index (χ2v) is 4.30. The Morgan fingerprint density at radius 3 is 2.52 bits per heavy atom. The minimum atomic E-state index is -1.14. The van der Waals surface area contributed by atoms with Gasteiger partial charge in [-0.3, -0.25) is 19.3 Å². The van der Waals surface area contributed by atoms with E-state index in [4.69, 9.17) is 0 Å².